The molecule has 1 N–H and O–H groups in total. The summed E-state index contributed by atoms with van der Waals surface area (Å²) in [6.07, 6.45) is 7.41. The zero-order valence-electron chi connectivity index (χ0n) is 14.6. The van der Waals surface area contributed by atoms with Crippen LogP contribution in [0.2, 0.25) is 0 Å². The van der Waals surface area contributed by atoms with Gasteiger partial charge < -0.3 is 5.32 Å². The first-order valence-corrected chi connectivity index (χ1v) is 9.42. The molecule has 1 amide bonds. The zero-order valence-corrected chi connectivity index (χ0v) is 14.6. The molecule has 2 aromatic rings. The molecule has 6 rings (SSSR count). The van der Waals surface area contributed by atoms with Crippen molar-refractivity contribution in [3.63, 3.8) is 0 Å². The second-order valence-electron chi connectivity index (χ2n) is 8.40. The predicted molar refractivity (Wildman–Crippen MR) is 92.3 cm³/mol. The summed E-state index contributed by atoms with van der Waals surface area (Å²) in [5.41, 5.74) is 0.672. The van der Waals surface area contributed by atoms with Crippen LogP contribution in [0.4, 0.5) is 4.39 Å². The highest BCUT2D eigenvalue weighted by atomic mass is 19.1. The molecule has 1 heterocycles. The average Bonchev–Trinajstić information content (AvgIpc) is 3.02. The number of amides is 1. The largest absolute Gasteiger partial charge is 0.349 e. The van der Waals surface area contributed by atoms with Crippen molar-refractivity contribution in [2.45, 2.75) is 50.6 Å². The van der Waals surface area contributed by atoms with Gasteiger partial charge in [0.1, 0.15) is 12.4 Å². The third kappa shape index (κ3) is 2.89. The topological polar surface area (TPSA) is 72.7 Å². The van der Waals surface area contributed by atoms with Crippen LogP contribution in [-0.2, 0) is 11.3 Å². The molecule has 4 fully saturated rings. The average molecular weight is 355 g/mol. The molecular weight excluding hydrogens is 333 g/mol. The lowest BCUT2D eigenvalue weighted by Crippen LogP contribution is -2.60. The van der Waals surface area contributed by atoms with E-state index in [1.165, 1.54) is 36.2 Å². The number of hydrogen-bond donors (Lipinski definition) is 1. The van der Waals surface area contributed by atoms with Gasteiger partial charge >= 0.3 is 0 Å². The van der Waals surface area contributed by atoms with E-state index in [4.69, 9.17) is 0 Å². The van der Waals surface area contributed by atoms with Crippen LogP contribution in [0.1, 0.15) is 38.5 Å². The lowest BCUT2D eigenvalue weighted by Gasteiger charge is -2.56. The van der Waals surface area contributed by atoms with Crippen molar-refractivity contribution < 1.29 is 9.18 Å². The van der Waals surface area contributed by atoms with Gasteiger partial charge in [0.2, 0.25) is 11.7 Å². The molecule has 6 nitrogen and oxygen atoms in total. The number of halogens is 1. The summed E-state index contributed by atoms with van der Waals surface area (Å²) in [6, 6.07) is 5.92. The Hall–Kier alpha value is -2.31. The molecule has 0 aliphatic heterocycles. The minimum absolute atomic E-state index is 0.00774. The Kier molecular flexibility index (Phi) is 3.58. The van der Waals surface area contributed by atoms with Crippen molar-refractivity contribution >= 4 is 5.91 Å². The summed E-state index contributed by atoms with van der Waals surface area (Å²) < 4.78 is 13.0. The highest BCUT2D eigenvalue weighted by molar-refractivity contribution is 5.76. The number of hydrogen-bond acceptors (Lipinski definition) is 4. The minimum atomic E-state index is -0.309. The molecule has 0 atom stereocenters. The fourth-order valence-electron chi connectivity index (χ4n) is 5.75. The first kappa shape index (κ1) is 15.9. The standard InChI is InChI=1S/C19H22FN5O/c20-16-3-1-15(2-4-16)18-22-24-25(23-18)11-17(26)21-19-8-12-5-13(9-19)7-14(6-12)10-19/h1-4,12-14H,5-11H2,(H,21,26). The zero-order chi connectivity index (χ0) is 17.7. The molecule has 0 radical (unpaired) electrons. The van der Waals surface area contributed by atoms with Gasteiger partial charge in [0.15, 0.2) is 0 Å². The first-order valence-electron chi connectivity index (χ1n) is 9.42. The fourth-order valence-corrected chi connectivity index (χ4v) is 5.75. The predicted octanol–water partition coefficient (Wildman–Crippen LogP) is 2.56. The van der Waals surface area contributed by atoms with Gasteiger partial charge in [-0.15, -0.1) is 10.2 Å². The summed E-state index contributed by atoms with van der Waals surface area (Å²) in [4.78, 5) is 13.9. The molecular formula is C19H22FN5O. The third-order valence-corrected chi connectivity index (χ3v) is 6.28. The maximum atomic E-state index is 13.0. The van der Waals surface area contributed by atoms with Gasteiger partial charge in [-0.05, 0) is 85.8 Å². The van der Waals surface area contributed by atoms with Gasteiger partial charge in [0, 0.05) is 11.1 Å². The Balaban J connectivity index is 1.26. The normalized spacial score (nSPS) is 32.0. The quantitative estimate of drug-likeness (QED) is 0.915. The summed E-state index contributed by atoms with van der Waals surface area (Å²) in [7, 11) is 0. The van der Waals surface area contributed by atoms with Crippen molar-refractivity contribution in [2.24, 2.45) is 17.8 Å². The van der Waals surface area contributed by atoms with E-state index in [2.05, 4.69) is 20.7 Å². The monoisotopic (exact) mass is 355 g/mol. The number of nitrogens with one attached hydrogen (secondary N) is 1. The maximum absolute atomic E-state index is 13.0. The summed E-state index contributed by atoms with van der Waals surface area (Å²) in [6.45, 7) is 0.0654. The lowest BCUT2D eigenvalue weighted by atomic mass is 9.53. The van der Waals surface area contributed by atoms with Gasteiger partial charge in [-0.2, -0.15) is 4.80 Å². The van der Waals surface area contributed by atoms with Gasteiger partial charge in [0.25, 0.3) is 0 Å². The van der Waals surface area contributed by atoms with E-state index >= 15 is 0 Å². The molecule has 1 aromatic carbocycles. The summed E-state index contributed by atoms with van der Waals surface area (Å²) in [5, 5.41) is 15.5. The van der Waals surface area contributed by atoms with Crippen LogP contribution in [0.15, 0.2) is 24.3 Å². The van der Waals surface area contributed by atoms with Crippen molar-refractivity contribution in [3.05, 3.63) is 30.1 Å². The Morgan fingerprint density at radius 2 is 1.73 bits per heavy atom. The molecule has 7 heteroatoms. The Bertz CT molecular complexity index is 795. The van der Waals surface area contributed by atoms with Crippen LogP contribution in [-0.4, -0.2) is 31.7 Å². The molecule has 4 bridgehead atoms. The van der Waals surface area contributed by atoms with Crippen LogP contribution in [0.3, 0.4) is 0 Å². The van der Waals surface area contributed by atoms with E-state index < -0.39 is 0 Å². The lowest BCUT2D eigenvalue weighted by molar-refractivity contribution is -0.127. The van der Waals surface area contributed by atoms with E-state index in [1.807, 2.05) is 0 Å². The molecule has 4 saturated carbocycles. The second-order valence-corrected chi connectivity index (χ2v) is 8.40. The van der Waals surface area contributed by atoms with Gasteiger partial charge in [-0.25, -0.2) is 4.39 Å². The van der Waals surface area contributed by atoms with Gasteiger partial charge in [-0.3, -0.25) is 4.79 Å². The Labute approximate surface area is 151 Å². The highest BCUT2D eigenvalue weighted by Crippen LogP contribution is 2.55. The van der Waals surface area contributed by atoms with Crippen LogP contribution in [0, 0.1) is 23.6 Å². The van der Waals surface area contributed by atoms with Crippen LogP contribution >= 0.6 is 0 Å². The van der Waals surface area contributed by atoms with E-state index in [9.17, 15) is 9.18 Å². The van der Waals surface area contributed by atoms with Crippen LogP contribution < -0.4 is 5.32 Å². The van der Waals surface area contributed by atoms with Crippen molar-refractivity contribution in [3.8, 4) is 11.4 Å². The number of carbonyl (C=O) groups is 1. The molecule has 26 heavy (non-hydrogen) atoms. The molecule has 0 spiro atoms. The smallest absolute Gasteiger partial charge is 0.244 e. The van der Waals surface area contributed by atoms with Crippen LogP contribution in [0.5, 0.6) is 0 Å². The Morgan fingerprint density at radius 3 is 2.35 bits per heavy atom. The van der Waals surface area contributed by atoms with E-state index in [0.29, 0.717) is 11.4 Å². The maximum Gasteiger partial charge on any atom is 0.244 e. The Morgan fingerprint density at radius 1 is 1.12 bits per heavy atom. The molecule has 0 unspecified atom stereocenters. The highest BCUT2D eigenvalue weighted by Gasteiger charge is 2.51. The van der Waals surface area contributed by atoms with Crippen molar-refractivity contribution in [1.29, 1.82) is 0 Å². The van der Waals surface area contributed by atoms with E-state index in [-0.39, 0.29) is 23.8 Å². The molecule has 1 aromatic heterocycles. The second kappa shape index (κ2) is 5.86. The minimum Gasteiger partial charge on any atom is -0.349 e. The van der Waals surface area contributed by atoms with Crippen molar-refractivity contribution in [1.82, 2.24) is 25.5 Å². The third-order valence-electron chi connectivity index (χ3n) is 6.28. The number of benzene rings is 1. The number of carbonyl (C=O) groups excluding carboxylic acids is 1. The summed E-state index contributed by atoms with van der Waals surface area (Å²) in [5.74, 6) is 2.40. The SMILES string of the molecule is O=C(Cn1nnc(-c2ccc(F)cc2)n1)NC12CC3CC(CC(C3)C1)C2. The molecule has 4 aliphatic rings. The van der Waals surface area contributed by atoms with Gasteiger partial charge in [0.05, 0.1) is 0 Å². The number of nitrogens with zero attached hydrogens (tertiary/aromatic N) is 4. The molecule has 4 aliphatic carbocycles. The number of rotatable bonds is 4. The van der Waals surface area contributed by atoms with Crippen molar-refractivity contribution in [2.75, 3.05) is 0 Å². The van der Waals surface area contributed by atoms with E-state index in [0.717, 1.165) is 37.0 Å². The fraction of sp³-hybridized carbons (Fsp3) is 0.579. The van der Waals surface area contributed by atoms with E-state index in [1.54, 1.807) is 12.1 Å². The molecule has 136 valence electrons. The molecule has 0 saturated heterocycles. The number of aromatic nitrogens is 4. The van der Waals surface area contributed by atoms with Gasteiger partial charge in [-0.1, -0.05) is 0 Å². The number of tetrazole rings is 1. The summed E-state index contributed by atoms with van der Waals surface area (Å²) >= 11 is 0. The first-order chi connectivity index (χ1) is 12.6. The van der Waals surface area contributed by atoms with Crippen LogP contribution in [0.25, 0.3) is 11.4 Å².